The molecular formula is C18H19FN4O4S. The second-order valence-corrected chi connectivity index (χ2v) is 8.19. The molecule has 4 N–H and O–H groups in total. The van der Waals surface area contributed by atoms with Gasteiger partial charge in [-0.05, 0) is 49.2 Å². The van der Waals surface area contributed by atoms with Crippen LogP contribution in [0.2, 0.25) is 0 Å². The van der Waals surface area contributed by atoms with Gasteiger partial charge in [0.25, 0.3) is 5.91 Å². The molecule has 0 atom stereocenters. The van der Waals surface area contributed by atoms with Crippen molar-refractivity contribution in [2.45, 2.75) is 17.7 Å². The molecule has 1 heterocycles. The van der Waals surface area contributed by atoms with Gasteiger partial charge in [0, 0.05) is 30.0 Å². The number of hydrogen-bond acceptors (Lipinski definition) is 4. The van der Waals surface area contributed by atoms with Crippen LogP contribution in [0.15, 0.2) is 47.4 Å². The number of primary amides is 1. The van der Waals surface area contributed by atoms with E-state index in [0.717, 1.165) is 25.0 Å². The molecule has 0 bridgehead atoms. The minimum atomic E-state index is -4.00. The number of anilines is 2. The van der Waals surface area contributed by atoms with E-state index in [1.165, 1.54) is 16.4 Å². The van der Waals surface area contributed by atoms with Crippen molar-refractivity contribution in [2.24, 2.45) is 5.73 Å². The van der Waals surface area contributed by atoms with Gasteiger partial charge in [-0.15, -0.1) is 0 Å². The average molecular weight is 406 g/mol. The zero-order chi connectivity index (χ0) is 20.3. The van der Waals surface area contributed by atoms with Crippen molar-refractivity contribution in [3.05, 3.63) is 53.8 Å². The number of rotatable bonds is 5. The first-order valence-corrected chi connectivity index (χ1v) is 9.99. The summed E-state index contributed by atoms with van der Waals surface area (Å²) in [5.74, 6) is -1.52. The van der Waals surface area contributed by atoms with Crippen LogP contribution >= 0.6 is 0 Å². The number of nitrogens with zero attached hydrogens (tertiary/aromatic N) is 1. The lowest BCUT2D eigenvalue weighted by molar-refractivity contribution is 0.102. The number of halogens is 1. The van der Waals surface area contributed by atoms with Crippen LogP contribution in [0.5, 0.6) is 0 Å². The number of benzene rings is 2. The molecule has 1 aliphatic heterocycles. The fourth-order valence-electron chi connectivity index (χ4n) is 2.93. The summed E-state index contributed by atoms with van der Waals surface area (Å²) >= 11 is 0. The Kier molecular flexibility index (Phi) is 5.61. The molecule has 2 aromatic carbocycles. The molecule has 0 unspecified atom stereocenters. The van der Waals surface area contributed by atoms with Gasteiger partial charge < -0.3 is 16.4 Å². The summed E-state index contributed by atoms with van der Waals surface area (Å²) in [6, 6.07) is 8.68. The van der Waals surface area contributed by atoms with Gasteiger partial charge in [-0.2, -0.15) is 4.31 Å². The molecule has 3 rings (SSSR count). The molecule has 10 heteroatoms. The van der Waals surface area contributed by atoms with Crippen LogP contribution in [0.1, 0.15) is 23.2 Å². The molecule has 3 amide bonds. The van der Waals surface area contributed by atoms with Crippen LogP contribution in [0.25, 0.3) is 0 Å². The lowest BCUT2D eigenvalue weighted by Crippen LogP contribution is -2.29. The van der Waals surface area contributed by atoms with E-state index >= 15 is 0 Å². The summed E-state index contributed by atoms with van der Waals surface area (Å²) < 4.78 is 40.7. The van der Waals surface area contributed by atoms with Gasteiger partial charge in [0.15, 0.2) is 0 Å². The molecule has 1 saturated heterocycles. The molecule has 8 nitrogen and oxygen atoms in total. The third-order valence-corrected chi connectivity index (χ3v) is 6.18. The van der Waals surface area contributed by atoms with Gasteiger partial charge in [-0.1, -0.05) is 6.07 Å². The minimum Gasteiger partial charge on any atom is -0.351 e. The summed E-state index contributed by atoms with van der Waals surface area (Å²) in [5.41, 5.74) is 5.78. The highest BCUT2D eigenvalue weighted by Crippen LogP contribution is 2.25. The standard InChI is InChI=1S/C18H19FN4O4S/c19-15-7-6-12(10-16(15)28(26,27)23-8-1-2-9-23)17(24)21-13-4-3-5-14(11-13)22-18(20)25/h3-7,10-11H,1-2,8-9H2,(H,21,24)(H3,20,22,25). The van der Waals surface area contributed by atoms with E-state index in [2.05, 4.69) is 10.6 Å². The molecule has 0 saturated carbocycles. The van der Waals surface area contributed by atoms with Crippen LogP contribution in [-0.4, -0.2) is 37.8 Å². The van der Waals surface area contributed by atoms with Gasteiger partial charge in [-0.25, -0.2) is 17.6 Å². The maximum absolute atomic E-state index is 14.2. The van der Waals surface area contributed by atoms with Gasteiger partial charge in [0.1, 0.15) is 10.7 Å². The van der Waals surface area contributed by atoms with Gasteiger partial charge in [0.05, 0.1) is 0 Å². The third-order valence-electron chi connectivity index (χ3n) is 4.26. The van der Waals surface area contributed by atoms with Crippen LogP contribution in [0.3, 0.4) is 0 Å². The van der Waals surface area contributed by atoms with Crippen molar-refractivity contribution in [1.29, 1.82) is 0 Å². The number of carbonyl (C=O) groups is 2. The van der Waals surface area contributed by atoms with E-state index in [9.17, 15) is 22.4 Å². The highest BCUT2D eigenvalue weighted by molar-refractivity contribution is 7.89. The molecular weight excluding hydrogens is 387 g/mol. The first-order valence-electron chi connectivity index (χ1n) is 8.55. The molecule has 0 aliphatic carbocycles. The van der Waals surface area contributed by atoms with Crippen molar-refractivity contribution in [2.75, 3.05) is 23.7 Å². The Bertz CT molecular complexity index is 1020. The lowest BCUT2D eigenvalue weighted by atomic mass is 10.2. The Hall–Kier alpha value is -2.98. The van der Waals surface area contributed by atoms with Crippen LogP contribution in [0.4, 0.5) is 20.6 Å². The maximum Gasteiger partial charge on any atom is 0.316 e. The van der Waals surface area contributed by atoms with E-state index in [4.69, 9.17) is 5.73 Å². The molecule has 2 aromatic rings. The highest BCUT2D eigenvalue weighted by Gasteiger charge is 2.30. The predicted octanol–water partition coefficient (Wildman–Crippen LogP) is 2.35. The van der Waals surface area contributed by atoms with E-state index in [1.54, 1.807) is 18.2 Å². The first kappa shape index (κ1) is 19.8. The SMILES string of the molecule is NC(=O)Nc1cccc(NC(=O)c2ccc(F)c(S(=O)(=O)N3CCCC3)c2)c1. The van der Waals surface area contributed by atoms with Crippen molar-refractivity contribution < 1.29 is 22.4 Å². The summed E-state index contributed by atoms with van der Waals surface area (Å²) in [4.78, 5) is 22.9. The van der Waals surface area contributed by atoms with Gasteiger partial charge in [0.2, 0.25) is 10.0 Å². The van der Waals surface area contributed by atoms with Gasteiger partial charge >= 0.3 is 6.03 Å². The normalized spacial score (nSPS) is 14.6. The lowest BCUT2D eigenvalue weighted by Gasteiger charge is -2.16. The third kappa shape index (κ3) is 4.29. The number of urea groups is 1. The summed E-state index contributed by atoms with van der Waals surface area (Å²) in [7, 11) is -4.00. The topological polar surface area (TPSA) is 122 Å². The molecule has 1 fully saturated rings. The maximum atomic E-state index is 14.2. The predicted molar refractivity (Wildman–Crippen MR) is 102 cm³/mol. The summed E-state index contributed by atoms with van der Waals surface area (Å²) in [5, 5.41) is 4.96. The second kappa shape index (κ2) is 7.95. The van der Waals surface area contributed by atoms with Gasteiger partial charge in [-0.3, -0.25) is 4.79 Å². The Morgan fingerprint density at radius 3 is 2.29 bits per heavy atom. The molecule has 0 aromatic heterocycles. The van der Waals surface area contributed by atoms with Crippen molar-refractivity contribution in [3.8, 4) is 0 Å². The molecule has 1 aliphatic rings. The summed E-state index contributed by atoms with van der Waals surface area (Å²) in [6.45, 7) is 0.662. The Morgan fingerprint density at radius 1 is 1.00 bits per heavy atom. The molecule has 0 radical (unpaired) electrons. The Morgan fingerprint density at radius 2 is 1.64 bits per heavy atom. The number of amides is 3. The number of nitrogens with one attached hydrogen (secondary N) is 2. The highest BCUT2D eigenvalue weighted by atomic mass is 32.2. The van der Waals surface area contributed by atoms with Crippen molar-refractivity contribution >= 4 is 33.3 Å². The fraction of sp³-hybridized carbons (Fsp3) is 0.222. The van der Waals surface area contributed by atoms with Crippen molar-refractivity contribution in [3.63, 3.8) is 0 Å². The van der Waals surface area contributed by atoms with Crippen LogP contribution in [0, 0.1) is 5.82 Å². The monoisotopic (exact) mass is 406 g/mol. The van der Waals surface area contributed by atoms with Crippen LogP contribution < -0.4 is 16.4 Å². The van der Waals surface area contributed by atoms with E-state index in [0.29, 0.717) is 24.5 Å². The minimum absolute atomic E-state index is 0.00700. The zero-order valence-corrected chi connectivity index (χ0v) is 15.6. The molecule has 28 heavy (non-hydrogen) atoms. The number of sulfonamides is 1. The van der Waals surface area contributed by atoms with E-state index < -0.39 is 32.7 Å². The number of carbonyl (C=O) groups excluding carboxylic acids is 2. The smallest absolute Gasteiger partial charge is 0.316 e. The zero-order valence-electron chi connectivity index (χ0n) is 14.8. The Balaban J connectivity index is 1.84. The quantitative estimate of drug-likeness (QED) is 0.705. The first-order chi connectivity index (χ1) is 13.3. The second-order valence-electron chi connectivity index (χ2n) is 6.28. The van der Waals surface area contributed by atoms with E-state index in [-0.39, 0.29) is 5.56 Å². The average Bonchev–Trinajstić information content (AvgIpc) is 3.17. The van der Waals surface area contributed by atoms with Crippen molar-refractivity contribution in [1.82, 2.24) is 4.31 Å². The largest absolute Gasteiger partial charge is 0.351 e. The number of nitrogens with two attached hydrogens (primary N) is 1. The number of hydrogen-bond donors (Lipinski definition) is 3. The molecule has 0 spiro atoms. The molecule has 148 valence electrons. The van der Waals surface area contributed by atoms with E-state index in [1.807, 2.05) is 0 Å². The van der Waals surface area contributed by atoms with Crippen LogP contribution in [-0.2, 0) is 10.0 Å². The Labute approximate surface area is 161 Å². The summed E-state index contributed by atoms with van der Waals surface area (Å²) in [6.07, 6.45) is 1.44. The fourth-order valence-corrected chi connectivity index (χ4v) is 4.54.